The van der Waals surface area contributed by atoms with Crippen LogP contribution in [0.5, 0.6) is 0 Å². The van der Waals surface area contributed by atoms with Crippen molar-refractivity contribution in [1.29, 1.82) is 0 Å². The van der Waals surface area contributed by atoms with Gasteiger partial charge in [-0.3, -0.25) is 4.79 Å². The molecule has 19 heteroatoms. The number of unbranched alkanes of at least 4 members (excludes halogenated alkanes) is 30. The van der Waals surface area contributed by atoms with E-state index in [1.807, 2.05) is 0 Å². The van der Waals surface area contributed by atoms with Crippen molar-refractivity contribution in [2.45, 2.75) is 394 Å². The van der Waals surface area contributed by atoms with Gasteiger partial charge in [-0.15, -0.1) is 0 Å². The van der Waals surface area contributed by atoms with Gasteiger partial charge in [-0.2, -0.15) is 0 Å². The van der Waals surface area contributed by atoms with Crippen molar-refractivity contribution >= 4 is 5.91 Å². The predicted molar refractivity (Wildman–Crippen MR) is 415 cm³/mol. The van der Waals surface area contributed by atoms with E-state index in [1.54, 1.807) is 0 Å². The first-order valence-electron chi connectivity index (χ1n) is 41.1. The molecule has 3 heterocycles. The highest BCUT2D eigenvalue weighted by atomic mass is 16.8. The molecule has 0 saturated carbocycles. The maximum Gasteiger partial charge on any atom is 0.220 e. The van der Waals surface area contributed by atoms with Gasteiger partial charge in [-0.05, 0) is 83.5 Å². The Hall–Kier alpha value is -3.55. The predicted octanol–water partition coefficient (Wildman–Crippen LogP) is 14.1. The lowest BCUT2D eigenvalue weighted by Crippen LogP contribution is -2.66. The summed E-state index contributed by atoms with van der Waals surface area (Å²) in [5, 5.41) is 121. The van der Waals surface area contributed by atoms with E-state index in [-0.39, 0.29) is 18.9 Å². The molecule has 104 heavy (non-hydrogen) atoms. The second kappa shape index (κ2) is 64.3. The number of hydrogen-bond donors (Lipinski definition) is 12. The molecule has 3 saturated heterocycles. The molecule has 17 atom stereocenters. The summed E-state index contributed by atoms with van der Waals surface area (Å²) in [5.74, 6) is -0.251. The normalized spacial score (nSPS) is 26.5. The Bertz CT molecular complexity index is 2300. The van der Waals surface area contributed by atoms with Crippen molar-refractivity contribution in [3.63, 3.8) is 0 Å². The third kappa shape index (κ3) is 43.6. The number of ether oxygens (including phenoxy) is 6. The summed E-state index contributed by atoms with van der Waals surface area (Å²) in [4.78, 5) is 13.5. The third-order valence-corrected chi connectivity index (χ3v) is 19.9. The Morgan fingerprint density at radius 1 is 0.356 bits per heavy atom. The van der Waals surface area contributed by atoms with Gasteiger partial charge in [0.25, 0.3) is 0 Å². The van der Waals surface area contributed by atoms with E-state index in [0.29, 0.717) is 12.8 Å². The summed E-state index contributed by atoms with van der Waals surface area (Å²) >= 11 is 0. The number of hydrogen-bond acceptors (Lipinski definition) is 18. The number of aliphatic hydroxyl groups excluding tert-OH is 11. The highest BCUT2D eigenvalue weighted by Gasteiger charge is 2.54. The Morgan fingerprint density at radius 3 is 1.04 bits per heavy atom. The lowest BCUT2D eigenvalue weighted by molar-refractivity contribution is -0.379. The minimum Gasteiger partial charge on any atom is -0.394 e. The van der Waals surface area contributed by atoms with E-state index in [0.717, 1.165) is 116 Å². The second-order valence-electron chi connectivity index (χ2n) is 28.9. The van der Waals surface area contributed by atoms with Crippen LogP contribution in [-0.4, -0.2) is 193 Å². The molecular weight excluding hydrogens is 1320 g/mol. The Balaban J connectivity index is 1.36. The largest absolute Gasteiger partial charge is 0.394 e. The van der Waals surface area contributed by atoms with Crippen molar-refractivity contribution in [1.82, 2.24) is 5.32 Å². The number of allylic oxidation sites excluding steroid dienone is 18. The zero-order chi connectivity index (χ0) is 75.3. The fourth-order valence-electron chi connectivity index (χ4n) is 13.3. The lowest BCUT2D eigenvalue weighted by Gasteiger charge is -2.48. The van der Waals surface area contributed by atoms with Gasteiger partial charge < -0.3 is 89.9 Å². The highest BCUT2D eigenvalue weighted by Crippen LogP contribution is 2.33. The number of amides is 1. The van der Waals surface area contributed by atoms with E-state index in [9.17, 15) is 61.0 Å². The molecule has 0 spiro atoms. The van der Waals surface area contributed by atoms with Crippen LogP contribution < -0.4 is 5.32 Å². The molecule has 12 N–H and O–H groups in total. The first kappa shape index (κ1) is 94.7. The Kier molecular flexibility index (Phi) is 58.5. The van der Waals surface area contributed by atoms with Gasteiger partial charge in [0.05, 0.1) is 38.6 Å². The summed E-state index contributed by atoms with van der Waals surface area (Å²) in [6, 6.07) is -0.899. The van der Waals surface area contributed by atoms with Crippen LogP contribution in [0.25, 0.3) is 0 Å². The molecule has 1 amide bonds. The molecule has 0 aromatic carbocycles. The molecule has 3 aliphatic heterocycles. The van der Waals surface area contributed by atoms with E-state index >= 15 is 0 Å². The van der Waals surface area contributed by atoms with Crippen LogP contribution in [0.15, 0.2) is 109 Å². The molecule has 19 nitrogen and oxygen atoms in total. The van der Waals surface area contributed by atoms with Crippen LogP contribution >= 0.6 is 0 Å². The average molecular weight is 1470 g/mol. The van der Waals surface area contributed by atoms with E-state index in [2.05, 4.69) is 129 Å². The van der Waals surface area contributed by atoms with Crippen LogP contribution in [0.4, 0.5) is 0 Å². The van der Waals surface area contributed by atoms with Crippen molar-refractivity contribution in [2.24, 2.45) is 0 Å². The SMILES string of the molecule is CC/C=C\C/C=C\C/C=C\C/C=C\C/C=C\C/C=C\C/C=C\C/C=C\C/C=C\CCCCCCCCCCCC(=O)NC(COC1OC(CO)C(OC2OC(CO)C(OC3OC(CO)C(O)C(O)C3O)C(O)C2O)C(O)C1O)C(O)CCCCCCCCCCCCCCCCCCCCCCCC. The molecule has 0 aromatic rings. The van der Waals surface area contributed by atoms with Gasteiger partial charge in [0.2, 0.25) is 5.91 Å². The molecule has 0 bridgehead atoms. The molecule has 3 rings (SSSR count). The van der Waals surface area contributed by atoms with Crippen molar-refractivity contribution in [3.8, 4) is 0 Å². The number of rotatable bonds is 64. The average Bonchev–Trinajstić information content (AvgIpc) is 0.783. The molecule has 0 aromatic heterocycles. The summed E-state index contributed by atoms with van der Waals surface area (Å²) in [6.45, 7) is 1.70. The smallest absolute Gasteiger partial charge is 0.220 e. The van der Waals surface area contributed by atoms with Crippen molar-refractivity contribution in [2.75, 3.05) is 26.4 Å². The van der Waals surface area contributed by atoms with Gasteiger partial charge in [0.1, 0.15) is 73.2 Å². The van der Waals surface area contributed by atoms with Gasteiger partial charge >= 0.3 is 0 Å². The van der Waals surface area contributed by atoms with Crippen LogP contribution in [0.2, 0.25) is 0 Å². The molecule has 0 aliphatic carbocycles. The van der Waals surface area contributed by atoms with Gasteiger partial charge in [-0.25, -0.2) is 0 Å². The van der Waals surface area contributed by atoms with Crippen LogP contribution in [0.1, 0.15) is 290 Å². The Labute approximate surface area is 627 Å². The molecule has 3 fully saturated rings. The zero-order valence-corrected chi connectivity index (χ0v) is 64.2. The van der Waals surface area contributed by atoms with E-state index < -0.39 is 124 Å². The molecule has 0 radical (unpaired) electrons. The van der Waals surface area contributed by atoms with Crippen molar-refractivity contribution < 1.29 is 89.4 Å². The molecule has 3 aliphatic rings. The monoisotopic (exact) mass is 1470 g/mol. The van der Waals surface area contributed by atoms with E-state index in [1.165, 1.54) is 141 Å². The quantitative estimate of drug-likeness (QED) is 0.0199. The van der Waals surface area contributed by atoms with Crippen LogP contribution in [0.3, 0.4) is 0 Å². The summed E-state index contributed by atoms with van der Waals surface area (Å²) in [6.07, 6.45) is 61.6. The first-order valence-corrected chi connectivity index (χ1v) is 41.1. The summed E-state index contributed by atoms with van der Waals surface area (Å²) < 4.78 is 34.5. The number of carbonyl (C=O) groups excluding carboxylic acids is 1. The number of nitrogens with one attached hydrogen (secondary N) is 1. The maximum atomic E-state index is 13.5. The molecule has 17 unspecified atom stereocenters. The fraction of sp³-hybridized carbons (Fsp3) is 0.776. The van der Waals surface area contributed by atoms with Crippen LogP contribution in [0, 0.1) is 0 Å². The van der Waals surface area contributed by atoms with Gasteiger partial charge in [-0.1, -0.05) is 309 Å². The summed E-state index contributed by atoms with van der Waals surface area (Å²) in [7, 11) is 0. The minimum absolute atomic E-state index is 0.251. The number of carbonyl (C=O) groups is 1. The van der Waals surface area contributed by atoms with Crippen molar-refractivity contribution in [3.05, 3.63) is 109 Å². The number of aliphatic hydroxyl groups is 11. The topological polar surface area (TPSA) is 307 Å². The minimum atomic E-state index is -1.98. The maximum absolute atomic E-state index is 13.5. The van der Waals surface area contributed by atoms with Gasteiger partial charge in [0, 0.05) is 6.42 Å². The van der Waals surface area contributed by atoms with E-state index in [4.69, 9.17) is 28.4 Å². The standard InChI is InChI=1S/C85H147NO18/c1-3-5-7-9-11-13-15-17-19-21-23-25-27-28-29-30-31-32-33-34-35-36-37-38-39-40-41-43-45-47-49-51-53-55-57-59-61-63-73(91)86-68(69(90)62-60-58-56-54-52-50-48-46-44-42-26-24-22-20-18-16-14-12-10-8-6-4-2)67-99-83-79(97)76(94)81(71(65-88)101-83)104-85-80(98)77(95)82(72(66-89)102-85)103-84-78(96)75(93)74(92)70(64-87)100-84/h5,7,11,13,17,19,23,25,28-29,31-32,34-35,37-38,40-41,68-72,74-85,87-90,92-98H,3-4,6,8-10,12,14-16,18,20-22,24,26-27,30,33,36,39,42-67H2,1-2H3,(H,86,91)/b7-5-,13-11-,19-17-,25-23-,29-28-,32-31-,35-34-,38-37-,41-40-. The fourth-order valence-corrected chi connectivity index (χ4v) is 13.3. The molecular formula is C85H147NO18. The zero-order valence-electron chi connectivity index (χ0n) is 64.2. The van der Waals surface area contributed by atoms with Crippen LogP contribution in [-0.2, 0) is 33.2 Å². The Morgan fingerprint density at radius 2 is 0.663 bits per heavy atom. The first-order chi connectivity index (χ1) is 50.8. The third-order valence-electron chi connectivity index (χ3n) is 19.9. The second-order valence-corrected chi connectivity index (χ2v) is 28.9. The van der Waals surface area contributed by atoms with Gasteiger partial charge in [0.15, 0.2) is 18.9 Å². The highest BCUT2D eigenvalue weighted by molar-refractivity contribution is 5.76. The summed E-state index contributed by atoms with van der Waals surface area (Å²) in [5.41, 5.74) is 0. The molecule has 600 valence electrons. The lowest BCUT2D eigenvalue weighted by atomic mass is 9.96.